The van der Waals surface area contributed by atoms with Crippen molar-refractivity contribution in [3.8, 4) is 11.9 Å². The minimum absolute atomic E-state index is 0.445. The van der Waals surface area contributed by atoms with Crippen LogP contribution < -0.4 is 9.64 Å². The number of anilines is 1. The van der Waals surface area contributed by atoms with E-state index in [1.54, 1.807) is 18.3 Å². The Labute approximate surface area is 145 Å². The lowest BCUT2D eigenvalue weighted by Crippen LogP contribution is -2.35. The molecule has 1 aliphatic heterocycles. The fraction of sp³-hybridized carbons (Fsp3) is 0.529. The van der Waals surface area contributed by atoms with Crippen molar-refractivity contribution >= 4 is 16.7 Å². The number of hydrogen-bond acceptors (Lipinski definition) is 7. The summed E-state index contributed by atoms with van der Waals surface area (Å²) in [5, 5.41) is 10.1. The van der Waals surface area contributed by atoms with Gasteiger partial charge in [-0.3, -0.25) is 0 Å². The quantitative estimate of drug-likeness (QED) is 0.832. The van der Waals surface area contributed by atoms with Crippen LogP contribution in [0.1, 0.15) is 43.0 Å². The summed E-state index contributed by atoms with van der Waals surface area (Å²) in [7, 11) is 0. The van der Waals surface area contributed by atoms with Gasteiger partial charge in [-0.05, 0) is 43.7 Å². The molecule has 0 spiro atoms. The van der Waals surface area contributed by atoms with Gasteiger partial charge in [0.2, 0.25) is 11.0 Å². The number of pyridine rings is 1. The number of nitrogens with zero attached hydrogens (tertiary/aromatic N) is 5. The monoisotopic (exact) mass is 341 g/mol. The number of piperidine rings is 1. The first kappa shape index (κ1) is 15.3. The molecule has 0 radical (unpaired) electrons. The first-order valence-electron chi connectivity index (χ1n) is 8.40. The molecule has 2 aromatic rings. The molecule has 2 aliphatic rings. The van der Waals surface area contributed by atoms with Gasteiger partial charge in [-0.1, -0.05) is 0 Å². The highest BCUT2D eigenvalue weighted by atomic mass is 32.1. The van der Waals surface area contributed by atoms with Crippen LogP contribution in [0.3, 0.4) is 0 Å². The first-order valence-corrected chi connectivity index (χ1v) is 9.17. The van der Waals surface area contributed by atoms with Crippen molar-refractivity contribution in [3.05, 3.63) is 29.7 Å². The maximum atomic E-state index is 9.07. The van der Waals surface area contributed by atoms with E-state index in [2.05, 4.69) is 20.3 Å². The van der Waals surface area contributed by atoms with Gasteiger partial charge in [-0.2, -0.15) is 9.64 Å². The van der Waals surface area contributed by atoms with E-state index >= 15 is 0 Å². The van der Waals surface area contributed by atoms with Crippen molar-refractivity contribution in [1.29, 1.82) is 5.26 Å². The molecule has 0 bridgehead atoms. The van der Waals surface area contributed by atoms with Gasteiger partial charge in [0.15, 0.2) is 0 Å². The van der Waals surface area contributed by atoms with Gasteiger partial charge in [0.25, 0.3) is 0 Å². The smallest absolute Gasteiger partial charge is 0.231 e. The second-order valence-electron chi connectivity index (χ2n) is 6.42. The summed E-state index contributed by atoms with van der Waals surface area (Å²) < 4.78 is 10.3. The van der Waals surface area contributed by atoms with Crippen LogP contribution in [0.25, 0.3) is 0 Å². The predicted octanol–water partition coefficient (Wildman–Crippen LogP) is 2.98. The fourth-order valence-electron chi connectivity index (χ4n) is 2.94. The van der Waals surface area contributed by atoms with Gasteiger partial charge in [0.1, 0.15) is 17.5 Å². The summed E-state index contributed by atoms with van der Waals surface area (Å²) in [5.41, 5.74) is 0.497. The summed E-state index contributed by atoms with van der Waals surface area (Å²) >= 11 is 1.53. The van der Waals surface area contributed by atoms with E-state index in [0.29, 0.717) is 29.9 Å². The van der Waals surface area contributed by atoms with Gasteiger partial charge in [-0.25, -0.2) is 9.97 Å². The van der Waals surface area contributed by atoms with Gasteiger partial charge < -0.3 is 9.64 Å². The largest absolute Gasteiger partial charge is 0.476 e. The molecule has 0 unspecified atom stereocenters. The summed E-state index contributed by atoms with van der Waals surface area (Å²) in [4.78, 5) is 11.2. The Morgan fingerprint density at radius 2 is 2.12 bits per heavy atom. The average molecular weight is 341 g/mol. The minimum Gasteiger partial charge on any atom is -0.476 e. The molecule has 2 aromatic heterocycles. The Morgan fingerprint density at radius 1 is 1.29 bits per heavy atom. The zero-order valence-corrected chi connectivity index (χ0v) is 14.2. The molecule has 0 aromatic carbocycles. The van der Waals surface area contributed by atoms with Crippen LogP contribution in [-0.4, -0.2) is 34.0 Å². The Morgan fingerprint density at radius 3 is 2.88 bits per heavy atom. The van der Waals surface area contributed by atoms with Crippen LogP contribution in [0, 0.1) is 17.2 Å². The molecule has 1 aliphatic carbocycles. The third-order valence-electron chi connectivity index (χ3n) is 4.61. The Kier molecular flexibility index (Phi) is 4.30. The molecule has 0 amide bonds. The Balaban J connectivity index is 1.29. The van der Waals surface area contributed by atoms with Crippen LogP contribution >= 0.6 is 11.5 Å². The maximum Gasteiger partial charge on any atom is 0.231 e. The topological polar surface area (TPSA) is 74.9 Å². The predicted molar refractivity (Wildman–Crippen MR) is 91.3 cm³/mol. The molecular formula is C17H19N5OS. The Hall–Kier alpha value is -2.20. The maximum absolute atomic E-state index is 9.07. The van der Waals surface area contributed by atoms with Crippen molar-refractivity contribution < 1.29 is 4.74 Å². The average Bonchev–Trinajstić information content (AvgIpc) is 3.38. The summed E-state index contributed by atoms with van der Waals surface area (Å²) in [5.74, 6) is 2.60. The van der Waals surface area contributed by atoms with Gasteiger partial charge >= 0.3 is 0 Å². The second kappa shape index (κ2) is 6.73. The Bertz CT molecular complexity index is 743. The van der Waals surface area contributed by atoms with Gasteiger partial charge in [0.05, 0.1) is 6.61 Å². The number of hydrogen-bond donors (Lipinski definition) is 0. The molecule has 2 fully saturated rings. The van der Waals surface area contributed by atoms with Gasteiger partial charge in [0, 0.05) is 36.7 Å². The molecule has 1 saturated heterocycles. The van der Waals surface area contributed by atoms with Crippen LogP contribution in [0.15, 0.2) is 18.3 Å². The lowest BCUT2D eigenvalue weighted by molar-refractivity contribution is 0.215. The second-order valence-corrected chi connectivity index (χ2v) is 7.15. The van der Waals surface area contributed by atoms with Crippen molar-refractivity contribution in [3.63, 3.8) is 0 Å². The normalized spacial score (nSPS) is 18.4. The minimum atomic E-state index is 0.445. The van der Waals surface area contributed by atoms with Crippen molar-refractivity contribution in [2.75, 3.05) is 24.6 Å². The standard InChI is InChI=1S/C17H19N5OS/c18-10-14-2-1-7-19-16(14)23-11-12-5-8-22(9-6-12)17-20-15(21-24-17)13-3-4-13/h1-2,7,12-13H,3-6,8-9,11H2. The molecular weight excluding hydrogens is 322 g/mol. The number of ether oxygens (including phenoxy) is 1. The highest BCUT2D eigenvalue weighted by Crippen LogP contribution is 2.40. The lowest BCUT2D eigenvalue weighted by atomic mass is 9.98. The SMILES string of the molecule is N#Cc1cccnc1OCC1CCN(c2nc(C3CC3)ns2)CC1. The third kappa shape index (κ3) is 3.34. The van der Waals surface area contributed by atoms with Crippen LogP contribution in [0.4, 0.5) is 5.13 Å². The third-order valence-corrected chi connectivity index (χ3v) is 5.40. The molecule has 7 heteroatoms. The molecule has 0 N–H and O–H groups in total. The summed E-state index contributed by atoms with van der Waals surface area (Å²) in [6.07, 6.45) is 6.27. The first-order chi connectivity index (χ1) is 11.8. The molecule has 3 heterocycles. The molecule has 4 rings (SSSR count). The van der Waals surface area contributed by atoms with Crippen LogP contribution in [0.5, 0.6) is 5.88 Å². The fourth-order valence-corrected chi connectivity index (χ4v) is 3.74. The molecule has 0 atom stereocenters. The number of nitriles is 1. The molecule has 1 saturated carbocycles. The zero-order chi connectivity index (χ0) is 16.4. The molecule has 124 valence electrons. The lowest BCUT2D eigenvalue weighted by Gasteiger charge is -2.31. The highest BCUT2D eigenvalue weighted by molar-refractivity contribution is 7.09. The van der Waals surface area contributed by atoms with E-state index in [1.165, 1.54) is 24.4 Å². The van der Waals surface area contributed by atoms with Gasteiger partial charge in [-0.15, -0.1) is 0 Å². The summed E-state index contributed by atoms with van der Waals surface area (Å²) in [6, 6.07) is 5.60. The summed E-state index contributed by atoms with van der Waals surface area (Å²) in [6.45, 7) is 2.59. The number of rotatable bonds is 5. The van der Waals surface area contributed by atoms with Crippen molar-refractivity contribution in [2.45, 2.75) is 31.6 Å². The van der Waals surface area contributed by atoms with E-state index in [0.717, 1.165) is 36.9 Å². The molecule has 6 nitrogen and oxygen atoms in total. The molecule has 24 heavy (non-hydrogen) atoms. The number of aromatic nitrogens is 3. The van der Waals surface area contributed by atoms with E-state index in [9.17, 15) is 0 Å². The highest BCUT2D eigenvalue weighted by Gasteiger charge is 2.29. The zero-order valence-electron chi connectivity index (χ0n) is 13.4. The van der Waals surface area contributed by atoms with Crippen LogP contribution in [0.2, 0.25) is 0 Å². The van der Waals surface area contributed by atoms with E-state index < -0.39 is 0 Å². The van der Waals surface area contributed by atoms with Crippen LogP contribution in [-0.2, 0) is 0 Å². The van der Waals surface area contributed by atoms with Crippen molar-refractivity contribution in [1.82, 2.24) is 14.3 Å². The van der Waals surface area contributed by atoms with Crippen molar-refractivity contribution in [2.24, 2.45) is 5.92 Å². The van der Waals surface area contributed by atoms with E-state index in [4.69, 9.17) is 15.0 Å². The van der Waals surface area contributed by atoms with E-state index in [-0.39, 0.29) is 0 Å². The van der Waals surface area contributed by atoms with E-state index in [1.807, 2.05) is 0 Å².